The Labute approximate surface area is 124 Å². The number of aldehydes is 1. The summed E-state index contributed by atoms with van der Waals surface area (Å²) in [6.07, 6.45) is -3.74. The molecule has 0 unspecified atom stereocenters. The molecule has 0 bridgehead atoms. The average molecular weight is 301 g/mol. The number of carbonyl (C=O) groups excluding carboxylic acids is 1. The lowest BCUT2D eigenvalue weighted by molar-refractivity contribution is -0.137. The quantitative estimate of drug-likeness (QED) is 0.640. The van der Waals surface area contributed by atoms with Crippen LogP contribution in [0.2, 0.25) is 0 Å². The van der Waals surface area contributed by atoms with Crippen molar-refractivity contribution in [1.82, 2.24) is 4.98 Å². The molecular weight excluding hydrogens is 291 g/mol. The first-order valence-corrected chi connectivity index (χ1v) is 6.51. The van der Waals surface area contributed by atoms with Crippen molar-refractivity contribution in [3.63, 3.8) is 0 Å². The molecule has 5 heteroatoms. The highest BCUT2D eigenvalue weighted by Gasteiger charge is 2.30. The molecule has 0 atom stereocenters. The fraction of sp³-hybridized carbons (Fsp3) is 0.0588. The number of carbonyl (C=O) groups is 1. The molecule has 2 nitrogen and oxygen atoms in total. The van der Waals surface area contributed by atoms with Crippen molar-refractivity contribution in [2.24, 2.45) is 0 Å². The average Bonchev–Trinajstić information content (AvgIpc) is 2.53. The first kappa shape index (κ1) is 14.3. The predicted molar refractivity (Wildman–Crippen MR) is 77.6 cm³/mol. The molecule has 0 radical (unpaired) electrons. The van der Waals surface area contributed by atoms with E-state index < -0.39 is 11.7 Å². The van der Waals surface area contributed by atoms with Crippen LogP contribution >= 0.6 is 0 Å². The van der Waals surface area contributed by atoms with Gasteiger partial charge in [0.1, 0.15) is 5.69 Å². The van der Waals surface area contributed by atoms with Crippen molar-refractivity contribution >= 4 is 17.2 Å². The maximum absolute atomic E-state index is 12.6. The number of fused-ring (bicyclic) bond motifs is 1. The Morgan fingerprint density at radius 2 is 1.64 bits per heavy atom. The number of aromatic nitrogens is 1. The highest BCUT2D eigenvalue weighted by Crippen LogP contribution is 2.33. The van der Waals surface area contributed by atoms with Gasteiger partial charge in [0.05, 0.1) is 11.1 Å². The molecule has 110 valence electrons. The summed E-state index contributed by atoms with van der Waals surface area (Å²) >= 11 is 0. The number of hydrogen-bond donors (Lipinski definition) is 0. The molecule has 2 aromatic carbocycles. The van der Waals surface area contributed by atoms with Gasteiger partial charge in [-0.15, -0.1) is 0 Å². The minimum atomic E-state index is -4.37. The van der Waals surface area contributed by atoms with Gasteiger partial charge in [0.15, 0.2) is 6.29 Å². The third kappa shape index (κ3) is 2.57. The summed E-state index contributed by atoms with van der Waals surface area (Å²) in [5.74, 6) is 0. The Bertz CT molecular complexity index is 839. The second-order valence-corrected chi connectivity index (χ2v) is 4.80. The van der Waals surface area contributed by atoms with E-state index in [1.807, 2.05) is 12.1 Å². The van der Waals surface area contributed by atoms with Crippen LogP contribution in [0.15, 0.2) is 54.6 Å². The number of halogens is 3. The van der Waals surface area contributed by atoms with Crippen LogP contribution in [-0.4, -0.2) is 11.3 Å². The van der Waals surface area contributed by atoms with E-state index in [0.717, 1.165) is 17.5 Å². The molecule has 0 saturated carbocycles. The lowest BCUT2D eigenvalue weighted by atomic mass is 9.99. The third-order valence-corrected chi connectivity index (χ3v) is 3.38. The number of rotatable bonds is 2. The number of hydrogen-bond acceptors (Lipinski definition) is 2. The van der Waals surface area contributed by atoms with Gasteiger partial charge in [-0.1, -0.05) is 30.3 Å². The van der Waals surface area contributed by atoms with E-state index in [0.29, 0.717) is 22.9 Å². The summed E-state index contributed by atoms with van der Waals surface area (Å²) in [4.78, 5) is 15.2. The van der Waals surface area contributed by atoms with Gasteiger partial charge in [0.2, 0.25) is 0 Å². The molecule has 1 heterocycles. The minimum absolute atomic E-state index is 0.244. The van der Waals surface area contributed by atoms with Gasteiger partial charge in [-0.2, -0.15) is 13.2 Å². The molecule has 0 aliphatic heterocycles. The van der Waals surface area contributed by atoms with E-state index in [2.05, 4.69) is 4.98 Å². The summed E-state index contributed by atoms with van der Waals surface area (Å²) in [5, 5.41) is 0.785. The lowest BCUT2D eigenvalue weighted by Gasteiger charge is -2.10. The van der Waals surface area contributed by atoms with E-state index in [9.17, 15) is 18.0 Å². The van der Waals surface area contributed by atoms with Crippen LogP contribution in [0.4, 0.5) is 13.2 Å². The second kappa shape index (κ2) is 5.26. The van der Waals surface area contributed by atoms with Crippen LogP contribution in [0.5, 0.6) is 0 Å². The Hall–Kier alpha value is -2.69. The van der Waals surface area contributed by atoms with Gasteiger partial charge in [-0.3, -0.25) is 4.79 Å². The molecule has 22 heavy (non-hydrogen) atoms. The van der Waals surface area contributed by atoms with E-state index >= 15 is 0 Å². The monoisotopic (exact) mass is 301 g/mol. The highest BCUT2D eigenvalue weighted by atomic mass is 19.4. The summed E-state index contributed by atoms with van der Waals surface area (Å²) in [6, 6.07) is 13.6. The minimum Gasteiger partial charge on any atom is -0.296 e. The smallest absolute Gasteiger partial charge is 0.296 e. The number of nitrogens with zero attached hydrogens (tertiary/aromatic N) is 1. The van der Waals surface area contributed by atoms with Crippen LogP contribution in [0.25, 0.3) is 22.0 Å². The SMILES string of the molecule is O=Cc1cc(-c2ccc(C(F)(F)F)cc2)c2ccccc2n1. The second-order valence-electron chi connectivity index (χ2n) is 4.80. The Kier molecular flexibility index (Phi) is 3.41. The van der Waals surface area contributed by atoms with Crippen LogP contribution in [0.1, 0.15) is 16.1 Å². The zero-order valence-corrected chi connectivity index (χ0v) is 11.3. The van der Waals surface area contributed by atoms with Gasteiger partial charge >= 0.3 is 6.18 Å². The maximum Gasteiger partial charge on any atom is 0.416 e. The van der Waals surface area contributed by atoms with Gasteiger partial charge in [0.25, 0.3) is 0 Å². The normalized spacial score (nSPS) is 11.6. The standard InChI is InChI=1S/C17H10F3NO/c18-17(19,20)12-7-5-11(6-8-12)15-9-13(10-22)21-16-4-2-1-3-14(15)16/h1-10H. The van der Waals surface area contributed by atoms with Crippen molar-refractivity contribution in [3.8, 4) is 11.1 Å². The van der Waals surface area contributed by atoms with Gasteiger partial charge in [-0.25, -0.2) is 4.98 Å². The van der Waals surface area contributed by atoms with E-state index in [1.165, 1.54) is 12.1 Å². The van der Waals surface area contributed by atoms with Crippen molar-refractivity contribution in [2.75, 3.05) is 0 Å². The molecule has 0 N–H and O–H groups in total. The van der Waals surface area contributed by atoms with Crippen molar-refractivity contribution < 1.29 is 18.0 Å². The van der Waals surface area contributed by atoms with Gasteiger partial charge in [-0.05, 0) is 35.4 Å². The molecule has 0 aliphatic rings. The topological polar surface area (TPSA) is 30.0 Å². The summed E-state index contributed by atoms with van der Waals surface area (Å²) in [6.45, 7) is 0. The lowest BCUT2D eigenvalue weighted by Crippen LogP contribution is -2.04. The van der Waals surface area contributed by atoms with Crippen LogP contribution in [-0.2, 0) is 6.18 Å². The summed E-state index contributed by atoms with van der Waals surface area (Å²) < 4.78 is 37.9. The molecule has 3 aromatic rings. The largest absolute Gasteiger partial charge is 0.416 e. The molecule has 0 saturated heterocycles. The molecular formula is C17H10F3NO. The Balaban J connectivity index is 2.19. The van der Waals surface area contributed by atoms with Crippen molar-refractivity contribution in [3.05, 3.63) is 65.9 Å². The maximum atomic E-state index is 12.6. The van der Waals surface area contributed by atoms with Gasteiger partial charge < -0.3 is 0 Å². The number of alkyl halides is 3. The third-order valence-electron chi connectivity index (χ3n) is 3.38. The zero-order chi connectivity index (χ0) is 15.7. The van der Waals surface area contributed by atoms with Crippen LogP contribution < -0.4 is 0 Å². The highest BCUT2D eigenvalue weighted by molar-refractivity contribution is 5.97. The molecule has 0 fully saturated rings. The van der Waals surface area contributed by atoms with Crippen LogP contribution in [0.3, 0.4) is 0 Å². The first-order chi connectivity index (χ1) is 10.5. The summed E-state index contributed by atoms with van der Waals surface area (Å²) in [5.41, 5.74) is 1.46. The first-order valence-electron chi connectivity index (χ1n) is 6.51. The fourth-order valence-electron chi connectivity index (χ4n) is 2.33. The molecule has 3 rings (SSSR count). The Morgan fingerprint density at radius 3 is 2.27 bits per heavy atom. The molecule has 1 aromatic heterocycles. The molecule has 0 aliphatic carbocycles. The van der Waals surface area contributed by atoms with E-state index in [4.69, 9.17) is 0 Å². The van der Waals surface area contributed by atoms with Crippen molar-refractivity contribution in [1.29, 1.82) is 0 Å². The number of benzene rings is 2. The van der Waals surface area contributed by atoms with Gasteiger partial charge in [0, 0.05) is 5.39 Å². The molecule has 0 amide bonds. The predicted octanol–water partition coefficient (Wildman–Crippen LogP) is 4.73. The number of para-hydroxylation sites is 1. The van der Waals surface area contributed by atoms with E-state index in [-0.39, 0.29) is 5.69 Å². The molecule has 0 spiro atoms. The Morgan fingerprint density at radius 1 is 0.955 bits per heavy atom. The fourth-order valence-corrected chi connectivity index (χ4v) is 2.33. The summed E-state index contributed by atoms with van der Waals surface area (Å²) in [7, 11) is 0. The van der Waals surface area contributed by atoms with Crippen molar-refractivity contribution in [2.45, 2.75) is 6.18 Å². The zero-order valence-electron chi connectivity index (χ0n) is 11.3. The van der Waals surface area contributed by atoms with E-state index in [1.54, 1.807) is 18.2 Å². The number of pyridine rings is 1. The van der Waals surface area contributed by atoms with Crippen LogP contribution in [0, 0.1) is 0 Å².